The first-order valence-corrected chi connectivity index (χ1v) is 9.91. The zero-order valence-corrected chi connectivity index (χ0v) is 17.4. The van der Waals surface area contributed by atoms with Gasteiger partial charge in [-0.3, -0.25) is 0 Å². The van der Waals surface area contributed by atoms with Crippen LogP contribution in [0.1, 0.15) is 17.1 Å². The number of pyridine rings is 1. The maximum absolute atomic E-state index is 5.71. The molecule has 126 valence electrons. The average Bonchev–Trinajstić information content (AvgIpc) is 3.21. The topological polar surface area (TPSA) is 82.5 Å². The van der Waals surface area contributed by atoms with E-state index in [1.54, 1.807) is 4.68 Å². The van der Waals surface area contributed by atoms with Crippen LogP contribution in [0.2, 0.25) is 0 Å². The third-order valence-corrected chi connectivity index (χ3v) is 4.78. The van der Waals surface area contributed by atoms with Gasteiger partial charge in [0.1, 0.15) is 0 Å². The number of fused-ring (bicyclic) bond motifs is 1. The van der Waals surface area contributed by atoms with Crippen molar-refractivity contribution < 1.29 is 4.42 Å². The van der Waals surface area contributed by atoms with E-state index >= 15 is 0 Å². The van der Waals surface area contributed by atoms with Crippen molar-refractivity contribution in [2.75, 3.05) is 0 Å². The molecule has 0 amide bonds. The molecule has 4 aromatic heterocycles. The van der Waals surface area contributed by atoms with Gasteiger partial charge in [0, 0.05) is 0 Å². The van der Waals surface area contributed by atoms with E-state index in [9.17, 15) is 0 Å². The van der Waals surface area contributed by atoms with E-state index in [2.05, 4.69) is 41.2 Å². The second kappa shape index (κ2) is 6.69. The molecule has 0 radical (unpaired) electrons. The van der Waals surface area contributed by atoms with Gasteiger partial charge in [0.05, 0.1) is 0 Å². The van der Waals surface area contributed by atoms with Crippen LogP contribution in [0.3, 0.4) is 0 Å². The van der Waals surface area contributed by atoms with Crippen molar-refractivity contribution in [1.29, 1.82) is 0 Å². The summed E-state index contributed by atoms with van der Waals surface area (Å²) in [6, 6.07) is 9.73. The van der Waals surface area contributed by atoms with Crippen molar-refractivity contribution in [3.63, 3.8) is 0 Å². The Morgan fingerprint density at radius 2 is 1.96 bits per heavy atom. The van der Waals surface area contributed by atoms with Crippen LogP contribution in [-0.2, 0) is 11.9 Å². The molecule has 0 aliphatic carbocycles. The molecule has 1 unspecified atom stereocenters. The summed E-state index contributed by atoms with van der Waals surface area (Å²) in [6.45, 7) is 2.40. The summed E-state index contributed by atoms with van der Waals surface area (Å²) in [6.07, 6.45) is 0. The molecule has 0 fully saturated rings. The summed E-state index contributed by atoms with van der Waals surface area (Å²) in [5.41, 5.74) is 3.87. The Labute approximate surface area is 160 Å². The molecule has 7 nitrogen and oxygen atoms in total. The molecule has 0 N–H and O–H groups in total. The van der Waals surface area contributed by atoms with Crippen LogP contribution in [0.5, 0.6) is 0 Å². The minimum atomic E-state index is 0.497. The molecule has 0 aliphatic rings. The fourth-order valence-electron chi connectivity index (χ4n) is 2.56. The zero-order chi connectivity index (χ0) is 17.4. The van der Waals surface area contributed by atoms with E-state index in [0.29, 0.717) is 39.1 Å². The number of halogens is 1. The van der Waals surface area contributed by atoms with Crippen LogP contribution in [0, 0.1) is 6.92 Å². The summed E-state index contributed by atoms with van der Waals surface area (Å²) in [7, 11) is 0. The Hall–Kier alpha value is -2.05. The predicted octanol–water partition coefficient (Wildman–Crippen LogP) is 1.39. The van der Waals surface area contributed by atoms with Crippen molar-refractivity contribution in [1.82, 2.24) is 29.9 Å². The minimum absolute atomic E-state index is 0.497. The quantitative estimate of drug-likeness (QED) is 0.338. The van der Waals surface area contributed by atoms with E-state index in [-0.39, 0.29) is 0 Å². The summed E-state index contributed by atoms with van der Waals surface area (Å²) < 4.78 is 8.17. The number of nitrogens with zero attached hydrogens (tertiary/aromatic N) is 6. The number of alkyl halides is 1. The molecule has 0 saturated heterocycles. The van der Waals surface area contributed by atoms with E-state index in [0.717, 1.165) is 17.1 Å². The SMILES string of the molecule is Cc1ccc(-c2nc([AsH2])nc3c2nnn3Cc2cccc(CBr)n2)o1. The summed E-state index contributed by atoms with van der Waals surface area (Å²) in [5, 5.41) is 9.25. The third-order valence-electron chi connectivity index (χ3n) is 3.67. The molecule has 4 aromatic rings. The second-order valence-corrected chi connectivity index (χ2v) is 7.16. The zero-order valence-electron chi connectivity index (χ0n) is 13.3. The molecule has 0 spiro atoms. The number of furan rings is 1. The molecular weight excluding hydrogens is 447 g/mol. The molecular formula is C16H14AsBrN6O. The molecule has 4 rings (SSSR count). The Morgan fingerprint density at radius 1 is 1.12 bits per heavy atom. The van der Waals surface area contributed by atoms with Gasteiger partial charge in [0.15, 0.2) is 0 Å². The maximum atomic E-state index is 5.71. The van der Waals surface area contributed by atoms with Crippen molar-refractivity contribution in [2.24, 2.45) is 0 Å². The monoisotopic (exact) mass is 460 g/mol. The van der Waals surface area contributed by atoms with Gasteiger partial charge in [0.25, 0.3) is 0 Å². The first-order valence-electron chi connectivity index (χ1n) is 7.58. The first-order chi connectivity index (χ1) is 12.1. The van der Waals surface area contributed by atoms with E-state index in [4.69, 9.17) is 4.42 Å². The molecule has 1 atom stereocenters. The van der Waals surface area contributed by atoms with Gasteiger partial charge in [-0.15, -0.1) is 0 Å². The van der Waals surface area contributed by atoms with Crippen LogP contribution in [0.4, 0.5) is 0 Å². The van der Waals surface area contributed by atoms with Crippen LogP contribution in [0.15, 0.2) is 34.7 Å². The molecule has 0 aliphatic heterocycles. The van der Waals surface area contributed by atoms with Gasteiger partial charge in [-0.25, -0.2) is 0 Å². The molecule has 9 heteroatoms. The van der Waals surface area contributed by atoms with Crippen LogP contribution in [0.25, 0.3) is 22.6 Å². The van der Waals surface area contributed by atoms with Crippen LogP contribution < -0.4 is 4.61 Å². The van der Waals surface area contributed by atoms with Gasteiger partial charge in [-0.05, 0) is 0 Å². The van der Waals surface area contributed by atoms with Crippen molar-refractivity contribution in [3.05, 3.63) is 47.5 Å². The fourth-order valence-corrected chi connectivity index (χ4v) is 3.40. The van der Waals surface area contributed by atoms with E-state index in [1.165, 1.54) is 16.9 Å². The van der Waals surface area contributed by atoms with Crippen molar-refractivity contribution in [3.8, 4) is 11.5 Å². The Kier molecular flexibility index (Phi) is 4.39. The van der Waals surface area contributed by atoms with Crippen LogP contribution in [-0.4, -0.2) is 46.8 Å². The van der Waals surface area contributed by atoms with Gasteiger partial charge in [0.2, 0.25) is 0 Å². The molecule has 0 bridgehead atoms. The summed E-state index contributed by atoms with van der Waals surface area (Å²) >= 11 is 4.77. The normalized spacial score (nSPS) is 11.3. The molecule has 25 heavy (non-hydrogen) atoms. The van der Waals surface area contributed by atoms with Crippen molar-refractivity contribution >= 4 is 48.6 Å². The average molecular weight is 461 g/mol. The third kappa shape index (κ3) is 3.24. The first kappa shape index (κ1) is 16.4. The summed E-state index contributed by atoms with van der Waals surface area (Å²) in [4.78, 5) is 13.6. The van der Waals surface area contributed by atoms with Gasteiger partial charge in [-0.2, -0.15) is 0 Å². The Balaban J connectivity index is 1.80. The number of hydrogen-bond donors (Lipinski definition) is 0. The van der Waals surface area contributed by atoms with Gasteiger partial charge in [-0.1, -0.05) is 0 Å². The number of aromatic nitrogens is 6. The molecule has 0 aromatic carbocycles. The molecule has 4 heterocycles. The van der Waals surface area contributed by atoms with E-state index in [1.807, 2.05) is 37.3 Å². The number of hydrogen-bond acceptors (Lipinski definition) is 6. The Morgan fingerprint density at radius 3 is 2.72 bits per heavy atom. The summed E-state index contributed by atoms with van der Waals surface area (Å²) in [5.74, 6) is 1.50. The van der Waals surface area contributed by atoms with Gasteiger partial charge >= 0.3 is 161 Å². The fraction of sp³-hybridized carbons (Fsp3) is 0.188. The molecule has 0 saturated carbocycles. The second-order valence-electron chi connectivity index (χ2n) is 5.51. The number of aryl methyl sites for hydroxylation is 1. The van der Waals surface area contributed by atoms with Crippen molar-refractivity contribution in [2.45, 2.75) is 18.8 Å². The van der Waals surface area contributed by atoms with Crippen LogP contribution >= 0.6 is 15.9 Å². The number of rotatable bonds is 4. The standard InChI is InChI=1S/C16H14AsBrN6O/c1-9-5-6-12(25-9)13-14-15(21-16(17)20-13)24(23-22-14)8-11-4-2-3-10(7-18)19-11/h2-6H,7-8,17H2,1H3. The predicted molar refractivity (Wildman–Crippen MR) is 99.7 cm³/mol. The van der Waals surface area contributed by atoms with E-state index < -0.39 is 0 Å². The van der Waals surface area contributed by atoms with Gasteiger partial charge < -0.3 is 0 Å². The Bertz CT molecular complexity index is 1060.